The normalized spacial score (nSPS) is 14.0. The number of hydrogen-bond acceptors (Lipinski definition) is 19. The number of aliphatic hydroxyl groups excluding tert-OH is 1. The van der Waals surface area contributed by atoms with E-state index in [1.165, 1.54) is 50.3 Å². The van der Waals surface area contributed by atoms with E-state index in [0.29, 0.717) is 80.0 Å². The van der Waals surface area contributed by atoms with Crippen LogP contribution in [0.25, 0.3) is 45.3 Å². The SMILES string of the molecule is COC(=O)C(C)(C)COc1cc(C)c(-c2ccc(-c3nc(S(C)(=O)=O)n(COCC[Si](C)(C)C)n3)nc2)cn1.Cc1cc(OCC(C)(C)C(=O)O)ncc1-c1ccc(-c2nc(OCC3CCC3)n(COCC[Si](C)(C)C)n2)nc1.OCC1CCC1. The summed E-state index contributed by atoms with van der Waals surface area (Å²) in [6, 6.07) is 13.5. The Bertz CT molecular complexity index is 3260. The quantitative estimate of drug-likeness (QED) is 0.0275. The van der Waals surface area contributed by atoms with Crippen molar-refractivity contribution in [1.82, 2.24) is 49.5 Å². The highest BCUT2D eigenvalue weighted by molar-refractivity contribution is 7.90. The highest BCUT2D eigenvalue weighted by Gasteiger charge is 2.31. The molecule has 6 heterocycles. The molecule has 2 saturated carbocycles. The summed E-state index contributed by atoms with van der Waals surface area (Å²) in [5.41, 5.74) is 4.56. The molecule has 2 N–H and O–H groups in total. The molecule has 85 heavy (non-hydrogen) atoms. The second-order valence-corrected chi connectivity index (χ2v) is 38.8. The van der Waals surface area contributed by atoms with Gasteiger partial charge in [0.2, 0.25) is 38.4 Å². The average Bonchev–Trinajstić information content (AvgIpc) is 3.91. The van der Waals surface area contributed by atoms with Crippen LogP contribution in [0.4, 0.5) is 0 Å². The number of methoxy groups -OCH3 is 1. The highest BCUT2D eigenvalue weighted by Crippen LogP contribution is 2.31. The first-order valence-electron chi connectivity index (χ1n) is 28.9. The Balaban J connectivity index is 0.000000247. The van der Waals surface area contributed by atoms with Gasteiger partial charge in [-0.1, -0.05) is 64.3 Å². The molecule has 0 aromatic carbocycles. The van der Waals surface area contributed by atoms with E-state index in [0.717, 1.165) is 51.7 Å². The van der Waals surface area contributed by atoms with Crippen molar-refractivity contribution in [3.63, 3.8) is 0 Å². The molecule has 0 unspecified atom stereocenters. The van der Waals surface area contributed by atoms with Gasteiger partial charge in [0, 0.05) is 101 Å². The second-order valence-electron chi connectivity index (χ2n) is 25.7. The zero-order chi connectivity index (χ0) is 62.3. The largest absolute Gasteiger partial charge is 0.481 e. The number of aliphatic hydroxyl groups is 1. The third-order valence-corrected chi connectivity index (χ3v) is 18.8. The van der Waals surface area contributed by atoms with E-state index in [1.54, 1.807) is 75.4 Å². The molecule has 0 spiro atoms. The van der Waals surface area contributed by atoms with Crippen molar-refractivity contribution < 1.29 is 56.6 Å². The monoisotopic (exact) mass is 1230 g/mol. The number of pyridine rings is 4. The van der Waals surface area contributed by atoms with Crippen LogP contribution in [-0.2, 0) is 47.1 Å². The molecular formula is C60H88N10O12SSi2. The molecular weight excluding hydrogens is 1140 g/mol. The van der Waals surface area contributed by atoms with E-state index in [-0.39, 0.29) is 36.9 Å². The molecule has 0 amide bonds. The Morgan fingerprint density at radius 2 is 1.13 bits per heavy atom. The minimum absolute atomic E-state index is 0.00589. The van der Waals surface area contributed by atoms with Gasteiger partial charge in [0.1, 0.15) is 38.1 Å². The smallest absolute Gasteiger partial charge is 0.317 e. The van der Waals surface area contributed by atoms with E-state index >= 15 is 0 Å². The molecule has 2 aliphatic carbocycles. The number of rotatable bonds is 27. The van der Waals surface area contributed by atoms with E-state index in [2.05, 4.69) is 79.4 Å². The Labute approximate surface area is 502 Å². The molecule has 0 bridgehead atoms. The van der Waals surface area contributed by atoms with Crippen molar-refractivity contribution >= 4 is 37.9 Å². The summed E-state index contributed by atoms with van der Waals surface area (Å²) in [6.45, 7) is 27.0. The summed E-state index contributed by atoms with van der Waals surface area (Å²) in [7, 11) is -4.74. The average molecular weight is 1230 g/mol. The first-order valence-corrected chi connectivity index (χ1v) is 38.2. The molecule has 2 fully saturated rings. The number of esters is 1. The number of nitrogens with zero attached hydrogens (tertiary/aromatic N) is 10. The maximum absolute atomic E-state index is 12.3. The lowest BCUT2D eigenvalue weighted by atomic mass is 9.86. The third-order valence-electron chi connectivity index (χ3n) is 14.4. The lowest BCUT2D eigenvalue weighted by molar-refractivity contribution is -0.152. The van der Waals surface area contributed by atoms with Gasteiger partial charge in [-0.2, -0.15) is 14.6 Å². The number of aryl methyl sites for hydroxylation is 2. The zero-order valence-electron chi connectivity index (χ0n) is 52.1. The fourth-order valence-corrected chi connectivity index (χ4v) is 10.3. The van der Waals surface area contributed by atoms with Gasteiger partial charge in [0.15, 0.2) is 0 Å². The maximum atomic E-state index is 12.3. The highest BCUT2D eigenvalue weighted by atomic mass is 32.2. The molecule has 0 saturated heterocycles. The molecule has 0 atom stereocenters. The van der Waals surface area contributed by atoms with Crippen molar-refractivity contribution in [2.45, 2.75) is 150 Å². The van der Waals surface area contributed by atoms with Crippen LogP contribution in [0.2, 0.25) is 51.4 Å². The molecule has 25 heteroatoms. The number of carboxylic acid groups (broad SMARTS) is 1. The van der Waals surface area contributed by atoms with Crippen molar-refractivity contribution in [2.24, 2.45) is 22.7 Å². The molecule has 0 radical (unpaired) electrons. The fourth-order valence-electron chi connectivity index (χ4n) is 8.11. The van der Waals surface area contributed by atoms with Crippen LogP contribution < -0.4 is 14.2 Å². The third kappa shape index (κ3) is 20.6. The number of ether oxygens (including phenoxy) is 6. The van der Waals surface area contributed by atoms with Crippen LogP contribution in [0, 0.1) is 36.5 Å². The number of aromatic nitrogens is 10. The number of carbonyl (C=O) groups is 2. The minimum Gasteiger partial charge on any atom is -0.481 e. The van der Waals surface area contributed by atoms with Gasteiger partial charge >= 0.3 is 17.9 Å². The van der Waals surface area contributed by atoms with Crippen LogP contribution in [0.1, 0.15) is 77.3 Å². The molecule has 8 rings (SSSR count). The summed E-state index contributed by atoms with van der Waals surface area (Å²) in [5, 5.41) is 26.5. The summed E-state index contributed by atoms with van der Waals surface area (Å²) in [6.07, 6.45) is 15.4. The molecule has 22 nitrogen and oxygen atoms in total. The molecule has 464 valence electrons. The van der Waals surface area contributed by atoms with Gasteiger partial charge in [-0.05, 0) is 114 Å². The number of aliphatic carboxylic acids is 1. The maximum Gasteiger partial charge on any atom is 0.317 e. The number of hydrogen-bond donors (Lipinski definition) is 2. The summed E-state index contributed by atoms with van der Waals surface area (Å²) in [4.78, 5) is 49.9. The van der Waals surface area contributed by atoms with Gasteiger partial charge in [-0.25, -0.2) is 23.1 Å². The zero-order valence-corrected chi connectivity index (χ0v) is 54.9. The van der Waals surface area contributed by atoms with Gasteiger partial charge < -0.3 is 38.6 Å². The van der Waals surface area contributed by atoms with E-state index in [9.17, 15) is 23.1 Å². The van der Waals surface area contributed by atoms with Gasteiger partial charge in [-0.3, -0.25) is 19.6 Å². The molecule has 6 aromatic rings. The van der Waals surface area contributed by atoms with Crippen molar-refractivity contribution in [1.29, 1.82) is 0 Å². The first-order chi connectivity index (χ1) is 39.9. The Morgan fingerprint density at radius 1 is 0.659 bits per heavy atom. The second kappa shape index (κ2) is 29.7. The Kier molecular flexibility index (Phi) is 23.6. The van der Waals surface area contributed by atoms with Crippen LogP contribution in [-0.4, -0.2) is 149 Å². The van der Waals surface area contributed by atoms with E-state index < -0.39 is 42.8 Å². The van der Waals surface area contributed by atoms with Crippen molar-refractivity contribution in [3.05, 3.63) is 72.3 Å². The standard InChI is InChI=1S/C29H41N5O5Si.C26H37N5O6SSi.C5H10O/c1-20-14-25(39-18-29(2,3)27(35)36)31-16-23(20)22-10-11-24(30-15-22)26-32-28(38-17-21-8-7-9-21)34(33-26)19-37-12-13-40(4,5)6;1-18-13-22(37-16-26(2,3)24(32)35-4)28-15-20(18)19-9-10-21(27-14-19)23-29-25(38(5,33)34)31(30-23)17-36-11-12-39(6,7)8;6-4-5-2-1-3-5/h10-11,14-16,21H,7-9,12-13,17-19H2,1-6H3,(H,35,36);9-10,13-15H,11-12,16-17H2,1-8H3;5-6H,1-4H2. The number of carboxylic acids is 1. The van der Waals surface area contributed by atoms with Gasteiger partial charge in [0.25, 0.3) is 0 Å². The number of sulfone groups is 1. The predicted octanol–water partition coefficient (Wildman–Crippen LogP) is 10.5. The Morgan fingerprint density at radius 3 is 1.52 bits per heavy atom. The van der Waals surface area contributed by atoms with E-state index in [1.807, 2.05) is 32.0 Å². The van der Waals surface area contributed by atoms with Crippen LogP contribution >= 0.6 is 0 Å². The summed E-state index contributed by atoms with van der Waals surface area (Å²) < 4.78 is 61.4. The number of carbonyl (C=O) groups excluding carboxylic acids is 1. The predicted molar refractivity (Wildman–Crippen MR) is 329 cm³/mol. The van der Waals surface area contributed by atoms with Crippen LogP contribution in [0.3, 0.4) is 0 Å². The molecule has 2 aliphatic rings. The van der Waals surface area contributed by atoms with Gasteiger partial charge in [0.05, 0.1) is 24.5 Å². The minimum atomic E-state index is -3.62. The molecule has 6 aromatic heterocycles. The lowest BCUT2D eigenvalue weighted by Crippen LogP contribution is -2.32. The van der Waals surface area contributed by atoms with E-state index in [4.69, 9.17) is 33.5 Å². The first kappa shape index (κ1) is 67.6. The lowest BCUT2D eigenvalue weighted by Gasteiger charge is -2.24. The van der Waals surface area contributed by atoms with Crippen molar-refractivity contribution in [2.75, 3.05) is 53.0 Å². The fraction of sp³-hybridized carbons (Fsp3) is 0.567. The van der Waals surface area contributed by atoms with Crippen molar-refractivity contribution in [3.8, 4) is 63.1 Å². The Hall–Kier alpha value is -6.52. The summed E-state index contributed by atoms with van der Waals surface area (Å²) in [5.74, 6) is 1.44. The van der Waals surface area contributed by atoms with Crippen LogP contribution in [0.15, 0.2) is 66.3 Å². The van der Waals surface area contributed by atoms with Gasteiger partial charge in [-0.15, -0.1) is 10.2 Å². The van der Waals surface area contributed by atoms with Crippen LogP contribution in [0.5, 0.6) is 17.8 Å². The molecule has 0 aliphatic heterocycles. The topological polar surface area (TPSA) is 277 Å². The summed E-state index contributed by atoms with van der Waals surface area (Å²) >= 11 is 0.